The normalized spacial score (nSPS) is 14.5. The highest BCUT2D eigenvalue weighted by molar-refractivity contribution is 6.30. The molecule has 4 rings (SSSR count). The molecule has 9 heteroatoms. The lowest BCUT2D eigenvalue weighted by Crippen LogP contribution is -2.35. The third kappa shape index (κ3) is 6.67. The van der Waals surface area contributed by atoms with Crippen LogP contribution in [-0.4, -0.2) is 78.0 Å². The van der Waals surface area contributed by atoms with E-state index in [-0.39, 0.29) is 11.4 Å². The van der Waals surface area contributed by atoms with Gasteiger partial charge in [0, 0.05) is 36.6 Å². The maximum absolute atomic E-state index is 12.9. The van der Waals surface area contributed by atoms with Gasteiger partial charge in [-0.1, -0.05) is 29.8 Å². The highest BCUT2D eigenvalue weighted by Crippen LogP contribution is 2.30. The van der Waals surface area contributed by atoms with Crippen LogP contribution in [0.5, 0.6) is 5.75 Å². The van der Waals surface area contributed by atoms with E-state index in [1.54, 1.807) is 12.1 Å². The Bertz CT molecular complexity index is 1160. The molecule has 35 heavy (non-hydrogen) atoms. The van der Waals surface area contributed by atoms with Crippen molar-refractivity contribution in [2.45, 2.75) is 25.9 Å². The number of morpholine rings is 1. The van der Waals surface area contributed by atoms with E-state index in [9.17, 15) is 9.90 Å². The Balaban J connectivity index is 1.60. The molecule has 3 aromatic rings. The van der Waals surface area contributed by atoms with Crippen LogP contribution in [0.25, 0.3) is 10.9 Å². The van der Waals surface area contributed by atoms with Crippen LogP contribution in [0.1, 0.15) is 33.6 Å². The molecule has 1 fully saturated rings. The van der Waals surface area contributed by atoms with Crippen molar-refractivity contribution < 1.29 is 14.6 Å². The Labute approximate surface area is 210 Å². The van der Waals surface area contributed by atoms with E-state index in [0.29, 0.717) is 22.5 Å². The van der Waals surface area contributed by atoms with Crippen LogP contribution in [0.15, 0.2) is 36.4 Å². The van der Waals surface area contributed by atoms with Crippen molar-refractivity contribution in [3.8, 4) is 5.75 Å². The van der Waals surface area contributed by atoms with Crippen molar-refractivity contribution in [3.05, 3.63) is 63.8 Å². The van der Waals surface area contributed by atoms with Gasteiger partial charge < -0.3 is 20.1 Å². The average Bonchev–Trinajstić information content (AvgIpc) is 2.84. The number of hydrogen-bond acceptors (Lipinski definition) is 7. The van der Waals surface area contributed by atoms with E-state index in [1.807, 2.05) is 32.3 Å². The molecular weight excluding hydrogens is 466 g/mol. The van der Waals surface area contributed by atoms with Crippen LogP contribution in [0.4, 0.5) is 0 Å². The molecule has 186 valence electrons. The number of fused-ring (bicyclic) bond motifs is 1. The number of halogens is 1. The zero-order valence-corrected chi connectivity index (χ0v) is 21.0. The van der Waals surface area contributed by atoms with Gasteiger partial charge in [-0.25, -0.2) is 0 Å². The van der Waals surface area contributed by atoms with Gasteiger partial charge in [0.1, 0.15) is 0 Å². The topological polar surface area (TPSA) is 90.8 Å². The van der Waals surface area contributed by atoms with Crippen molar-refractivity contribution in [1.82, 2.24) is 25.3 Å². The van der Waals surface area contributed by atoms with Gasteiger partial charge in [-0.3, -0.25) is 9.69 Å². The van der Waals surface area contributed by atoms with Gasteiger partial charge in [0.15, 0.2) is 11.4 Å². The summed E-state index contributed by atoms with van der Waals surface area (Å²) in [5.41, 5.74) is 3.57. The van der Waals surface area contributed by atoms with Gasteiger partial charge in [0.05, 0.1) is 18.7 Å². The molecule has 0 radical (unpaired) electrons. The standard InChI is InChI=1S/C26H32ClN5O3/c1-31(2)9-3-4-20-14-19(17-32-10-12-35-13-11-32)15-22-23(20)29-30-24(25(22)33)26(34)28-16-18-5-7-21(27)8-6-18/h5-8,14-15H,3-4,9-13,16-17H2,1-2H3,(H,28,34)(H,29,33). The lowest BCUT2D eigenvalue weighted by atomic mass is 10.00. The molecule has 1 aromatic heterocycles. The molecule has 0 saturated carbocycles. The zero-order chi connectivity index (χ0) is 24.8. The van der Waals surface area contributed by atoms with Crippen molar-refractivity contribution in [2.75, 3.05) is 46.9 Å². The van der Waals surface area contributed by atoms with Gasteiger partial charge in [-0.2, -0.15) is 0 Å². The van der Waals surface area contributed by atoms with Gasteiger partial charge in [-0.15, -0.1) is 10.2 Å². The molecule has 2 heterocycles. The van der Waals surface area contributed by atoms with Crippen molar-refractivity contribution in [3.63, 3.8) is 0 Å². The fourth-order valence-corrected chi connectivity index (χ4v) is 4.37. The quantitative estimate of drug-likeness (QED) is 0.469. The van der Waals surface area contributed by atoms with E-state index >= 15 is 0 Å². The minimum Gasteiger partial charge on any atom is -0.505 e. The van der Waals surface area contributed by atoms with E-state index in [4.69, 9.17) is 16.3 Å². The van der Waals surface area contributed by atoms with Gasteiger partial charge in [0.2, 0.25) is 0 Å². The van der Waals surface area contributed by atoms with Crippen LogP contribution < -0.4 is 5.32 Å². The Morgan fingerprint density at radius 1 is 1.14 bits per heavy atom. The first-order valence-corrected chi connectivity index (χ1v) is 12.3. The minimum absolute atomic E-state index is 0.0748. The van der Waals surface area contributed by atoms with Crippen LogP contribution in [0, 0.1) is 0 Å². The number of hydrogen-bond donors (Lipinski definition) is 2. The van der Waals surface area contributed by atoms with E-state index < -0.39 is 5.91 Å². The largest absolute Gasteiger partial charge is 0.505 e. The molecule has 1 saturated heterocycles. The molecule has 0 atom stereocenters. The Hall–Kier alpha value is -2.78. The summed E-state index contributed by atoms with van der Waals surface area (Å²) in [5, 5.41) is 23.6. The summed E-state index contributed by atoms with van der Waals surface area (Å²) in [4.78, 5) is 17.3. The fraction of sp³-hybridized carbons (Fsp3) is 0.423. The summed E-state index contributed by atoms with van der Waals surface area (Å²) in [6, 6.07) is 11.3. The predicted octanol–water partition coefficient (Wildman–Crippen LogP) is 3.25. The van der Waals surface area contributed by atoms with Crippen LogP contribution >= 0.6 is 11.6 Å². The van der Waals surface area contributed by atoms with Crippen LogP contribution in [0.3, 0.4) is 0 Å². The second kappa shape index (κ2) is 11.8. The Kier molecular flexibility index (Phi) is 8.51. The first-order valence-electron chi connectivity index (χ1n) is 11.9. The molecule has 0 unspecified atom stereocenters. The number of nitrogens with one attached hydrogen (secondary N) is 1. The summed E-state index contributed by atoms with van der Waals surface area (Å²) in [5.74, 6) is -0.610. The number of carbonyl (C=O) groups excluding carboxylic acids is 1. The monoisotopic (exact) mass is 497 g/mol. The number of ether oxygens (including phenoxy) is 1. The number of carbonyl (C=O) groups is 1. The smallest absolute Gasteiger partial charge is 0.275 e. The zero-order valence-electron chi connectivity index (χ0n) is 20.3. The number of benzene rings is 2. The highest BCUT2D eigenvalue weighted by Gasteiger charge is 2.20. The van der Waals surface area contributed by atoms with E-state index in [1.165, 1.54) is 0 Å². The molecule has 8 nitrogen and oxygen atoms in total. The van der Waals surface area contributed by atoms with Crippen LogP contribution in [0.2, 0.25) is 5.02 Å². The SMILES string of the molecule is CN(C)CCCc1cc(CN2CCOCC2)cc2c(O)c(C(=O)NCc3ccc(Cl)cc3)nnc12. The number of aromatic hydroxyl groups is 1. The maximum Gasteiger partial charge on any atom is 0.275 e. The molecule has 2 N–H and O–H groups in total. The summed E-state index contributed by atoms with van der Waals surface area (Å²) in [6.45, 7) is 5.16. The molecule has 2 aromatic carbocycles. The molecular formula is C26H32ClN5O3. The number of nitrogens with zero attached hydrogens (tertiary/aromatic N) is 4. The van der Waals surface area contributed by atoms with E-state index in [0.717, 1.165) is 68.9 Å². The average molecular weight is 498 g/mol. The molecule has 0 spiro atoms. The maximum atomic E-state index is 12.9. The summed E-state index contributed by atoms with van der Waals surface area (Å²) < 4.78 is 5.47. The number of rotatable bonds is 9. The third-order valence-electron chi connectivity index (χ3n) is 6.12. The van der Waals surface area contributed by atoms with Crippen LogP contribution in [-0.2, 0) is 24.2 Å². The molecule has 1 aliphatic rings. The number of amides is 1. The third-order valence-corrected chi connectivity index (χ3v) is 6.37. The predicted molar refractivity (Wildman–Crippen MR) is 137 cm³/mol. The van der Waals surface area contributed by atoms with Gasteiger partial charge in [-0.05, 0) is 68.4 Å². The molecule has 1 aliphatic heterocycles. The number of aromatic nitrogens is 2. The van der Waals surface area contributed by atoms with Gasteiger partial charge in [0.25, 0.3) is 5.91 Å². The first kappa shape index (κ1) is 25.3. The summed E-state index contributed by atoms with van der Waals surface area (Å²) in [6.07, 6.45) is 1.76. The van der Waals surface area contributed by atoms with Crippen molar-refractivity contribution in [1.29, 1.82) is 0 Å². The Morgan fingerprint density at radius 2 is 1.89 bits per heavy atom. The lowest BCUT2D eigenvalue weighted by molar-refractivity contribution is 0.0342. The van der Waals surface area contributed by atoms with E-state index in [2.05, 4.69) is 31.4 Å². The number of aryl methyl sites for hydroxylation is 1. The summed E-state index contributed by atoms with van der Waals surface area (Å²) >= 11 is 5.93. The lowest BCUT2D eigenvalue weighted by Gasteiger charge is -2.27. The minimum atomic E-state index is -0.473. The first-order chi connectivity index (χ1) is 16.9. The molecule has 0 aliphatic carbocycles. The van der Waals surface area contributed by atoms with Crippen molar-refractivity contribution in [2.24, 2.45) is 0 Å². The summed E-state index contributed by atoms with van der Waals surface area (Å²) in [7, 11) is 4.10. The Morgan fingerprint density at radius 3 is 2.60 bits per heavy atom. The fourth-order valence-electron chi connectivity index (χ4n) is 4.24. The molecule has 0 bridgehead atoms. The second-order valence-corrected chi connectivity index (χ2v) is 9.59. The second-order valence-electron chi connectivity index (χ2n) is 9.15. The highest BCUT2D eigenvalue weighted by atomic mass is 35.5. The van der Waals surface area contributed by atoms with Gasteiger partial charge >= 0.3 is 0 Å². The molecule has 1 amide bonds. The van der Waals surface area contributed by atoms with Crippen molar-refractivity contribution >= 4 is 28.4 Å².